The van der Waals surface area contributed by atoms with Crippen LogP contribution in [0.15, 0.2) is 60.3 Å². The fraction of sp³-hybridized carbons (Fsp3) is 0.292. The van der Waals surface area contributed by atoms with E-state index in [4.69, 9.17) is 9.47 Å². The first kappa shape index (κ1) is 22.0. The summed E-state index contributed by atoms with van der Waals surface area (Å²) in [5.41, 5.74) is 2.97. The third-order valence-electron chi connectivity index (χ3n) is 5.03. The van der Waals surface area contributed by atoms with Crippen molar-refractivity contribution in [2.24, 2.45) is 0 Å². The third kappa shape index (κ3) is 4.80. The van der Waals surface area contributed by atoms with Gasteiger partial charge in [-0.15, -0.1) is 16.8 Å². The number of thioether (sulfide) groups is 1. The summed E-state index contributed by atoms with van der Waals surface area (Å²) in [5.74, 6) is 2.12. The number of carbonyl (C=O) groups is 1. The summed E-state index contributed by atoms with van der Waals surface area (Å²) in [5, 5.41) is 12.2. The Morgan fingerprint density at radius 1 is 1.16 bits per heavy atom. The van der Waals surface area contributed by atoms with Crippen LogP contribution in [0.4, 0.5) is 5.69 Å². The standard InChI is InChI=1S/C24H26N4O3S/c1-5-12-28-22(16-6-8-17(9-7-16)24(2,3)4)26-27-23(28)32-14-21(29)25-18-10-11-19-20(13-18)31-15-30-19/h5-11,13H,1,12,14-15H2,2-4H3,(H,25,29). The van der Waals surface area contributed by atoms with Gasteiger partial charge in [-0.3, -0.25) is 9.36 Å². The fourth-order valence-corrected chi connectivity index (χ4v) is 4.07. The first-order chi connectivity index (χ1) is 15.3. The smallest absolute Gasteiger partial charge is 0.234 e. The average molecular weight is 451 g/mol. The van der Waals surface area contributed by atoms with E-state index in [2.05, 4.69) is 67.1 Å². The van der Waals surface area contributed by atoms with Crippen LogP contribution in [0, 0.1) is 0 Å². The van der Waals surface area contributed by atoms with Crippen molar-refractivity contribution >= 4 is 23.4 Å². The number of carbonyl (C=O) groups excluding carboxylic acids is 1. The van der Waals surface area contributed by atoms with Gasteiger partial charge in [-0.1, -0.05) is 62.9 Å². The number of amides is 1. The van der Waals surface area contributed by atoms with Crippen LogP contribution in [0.5, 0.6) is 11.5 Å². The molecule has 166 valence electrons. The van der Waals surface area contributed by atoms with Gasteiger partial charge < -0.3 is 14.8 Å². The summed E-state index contributed by atoms with van der Waals surface area (Å²) >= 11 is 1.34. The second-order valence-electron chi connectivity index (χ2n) is 8.44. The van der Waals surface area contributed by atoms with E-state index in [1.165, 1.54) is 17.3 Å². The minimum absolute atomic E-state index is 0.0830. The second-order valence-corrected chi connectivity index (χ2v) is 9.38. The number of nitrogens with zero attached hydrogens (tertiary/aromatic N) is 3. The van der Waals surface area contributed by atoms with Gasteiger partial charge in [0.2, 0.25) is 12.7 Å². The van der Waals surface area contributed by atoms with Gasteiger partial charge in [-0.05, 0) is 23.1 Å². The van der Waals surface area contributed by atoms with Crippen LogP contribution < -0.4 is 14.8 Å². The van der Waals surface area contributed by atoms with E-state index in [-0.39, 0.29) is 23.9 Å². The van der Waals surface area contributed by atoms with Crippen molar-refractivity contribution in [2.45, 2.75) is 37.9 Å². The van der Waals surface area contributed by atoms with Gasteiger partial charge in [0.05, 0.1) is 5.75 Å². The van der Waals surface area contributed by atoms with Crippen molar-refractivity contribution in [3.05, 3.63) is 60.7 Å². The van der Waals surface area contributed by atoms with Crippen LogP contribution in [0.1, 0.15) is 26.3 Å². The topological polar surface area (TPSA) is 78.3 Å². The molecule has 4 rings (SSSR count). The van der Waals surface area contributed by atoms with Gasteiger partial charge in [0, 0.05) is 23.9 Å². The van der Waals surface area contributed by atoms with Gasteiger partial charge in [0.1, 0.15) is 0 Å². The van der Waals surface area contributed by atoms with E-state index in [1.807, 2.05) is 4.57 Å². The molecule has 2 heterocycles. The summed E-state index contributed by atoms with van der Waals surface area (Å²) in [7, 11) is 0. The lowest BCUT2D eigenvalue weighted by Crippen LogP contribution is -2.14. The van der Waals surface area contributed by atoms with Crippen molar-refractivity contribution in [3.63, 3.8) is 0 Å². The molecule has 0 fully saturated rings. The molecule has 1 amide bonds. The highest BCUT2D eigenvalue weighted by Crippen LogP contribution is 2.34. The maximum atomic E-state index is 12.5. The molecule has 0 radical (unpaired) electrons. The van der Waals surface area contributed by atoms with Crippen LogP contribution in [0.25, 0.3) is 11.4 Å². The summed E-state index contributed by atoms with van der Waals surface area (Å²) < 4.78 is 12.6. The van der Waals surface area contributed by atoms with Crippen LogP contribution in [-0.4, -0.2) is 33.2 Å². The van der Waals surface area contributed by atoms with Crippen LogP contribution in [0.3, 0.4) is 0 Å². The summed E-state index contributed by atoms with van der Waals surface area (Å²) in [6, 6.07) is 13.7. The Hall–Kier alpha value is -3.26. The SMILES string of the molecule is C=CCn1c(SCC(=O)Nc2ccc3c(c2)OCO3)nnc1-c1ccc(C(C)(C)C)cc1. The van der Waals surface area contributed by atoms with E-state index in [0.717, 1.165) is 11.4 Å². The van der Waals surface area contributed by atoms with E-state index < -0.39 is 0 Å². The monoisotopic (exact) mass is 450 g/mol. The van der Waals surface area contributed by atoms with E-state index >= 15 is 0 Å². The Kier molecular flexibility index (Phi) is 6.23. The quantitative estimate of drug-likeness (QED) is 0.408. The molecular weight excluding hydrogens is 424 g/mol. The van der Waals surface area contributed by atoms with E-state index in [1.54, 1.807) is 24.3 Å². The second kappa shape index (κ2) is 9.08. The predicted molar refractivity (Wildman–Crippen MR) is 126 cm³/mol. The predicted octanol–water partition coefficient (Wildman–Crippen LogP) is 4.89. The largest absolute Gasteiger partial charge is 0.454 e. The minimum Gasteiger partial charge on any atom is -0.454 e. The number of hydrogen-bond acceptors (Lipinski definition) is 6. The lowest BCUT2D eigenvalue weighted by molar-refractivity contribution is -0.113. The number of benzene rings is 2. The van der Waals surface area contributed by atoms with Crippen LogP contribution >= 0.6 is 11.8 Å². The zero-order chi connectivity index (χ0) is 22.7. The Morgan fingerprint density at radius 2 is 1.91 bits per heavy atom. The number of anilines is 1. The molecular formula is C24H26N4O3S. The highest BCUT2D eigenvalue weighted by atomic mass is 32.2. The zero-order valence-corrected chi connectivity index (χ0v) is 19.2. The molecule has 7 nitrogen and oxygen atoms in total. The fourth-order valence-electron chi connectivity index (χ4n) is 3.32. The van der Waals surface area contributed by atoms with E-state index in [9.17, 15) is 4.79 Å². The molecule has 1 aromatic heterocycles. The maximum absolute atomic E-state index is 12.5. The first-order valence-corrected chi connectivity index (χ1v) is 11.3. The lowest BCUT2D eigenvalue weighted by Gasteiger charge is -2.19. The van der Waals surface area contributed by atoms with Gasteiger partial charge in [0.15, 0.2) is 22.5 Å². The number of hydrogen-bond donors (Lipinski definition) is 1. The van der Waals surface area contributed by atoms with Crippen molar-refractivity contribution in [1.29, 1.82) is 0 Å². The number of aromatic nitrogens is 3. The molecule has 0 saturated heterocycles. The number of allylic oxidation sites excluding steroid dienone is 1. The molecule has 0 spiro atoms. The highest BCUT2D eigenvalue weighted by Gasteiger charge is 2.18. The number of nitrogens with one attached hydrogen (secondary N) is 1. The minimum atomic E-state index is -0.141. The van der Waals surface area contributed by atoms with Gasteiger partial charge in [-0.25, -0.2) is 0 Å². The Labute approximate surface area is 191 Å². The molecule has 3 aromatic rings. The van der Waals surface area contributed by atoms with Crippen molar-refractivity contribution in [2.75, 3.05) is 17.9 Å². The molecule has 32 heavy (non-hydrogen) atoms. The molecule has 0 unspecified atom stereocenters. The van der Waals surface area contributed by atoms with Crippen molar-refractivity contribution < 1.29 is 14.3 Å². The number of fused-ring (bicyclic) bond motifs is 1. The van der Waals surface area contributed by atoms with Gasteiger partial charge >= 0.3 is 0 Å². The highest BCUT2D eigenvalue weighted by molar-refractivity contribution is 7.99. The van der Waals surface area contributed by atoms with Crippen molar-refractivity contribution in [1.82, 2.24) is 14.8 Å². The molecule has 1 aliphatic heterocycles. The first-order valence-electron chi connectivity index (χ1n) is 10.3. The summed E-state index contributed by atoms with van der Waals surface area (Å²) in [4.78, 5) is 12.5. The van der Waals surface area contributed by atoms with Crippen LogP contribution in [0.2, 0.25) is 0 Å². The molecule has 1 N–H and O–H groups in total. The molecule has 1 aliphatic rings. The normalized spacial score (nSPS) is 12.6. The average Bonchev–Trinajstić information content (AvgIpc) is 3.38. The van der Waals surface area contributed by atoms with Crippen molar-refractivity contribution in [3.8, 4) is 22.9 Å². The third-order valence-corrected chi connectivity index (χ3v) is 5.99. The Bertz CT molecular complexity index is 1130. The maximum Gasteiger partial charge on any atom is 0.234 e. The van der Waals surface area contributed by atoms with Gasteiger partial charge in [-0.2, -0.15) is 0 Å². The Morgan fingerprint density at radius 3 is 2.62 bits per heavy atom. The molecule has 2 aromatic carbocycles. The summed E-state index contributed by atoms with van der Waals surface area (Å²) in [6.07, 6.45) is 1.80. The molecule has 0 saturated carbocycles. The zero-order valence-electron chi connectivity index (χ0n) is 18.4. The number of ether oxygens (including phenoxy) is 2. The van der Waals surface area contributed by atoms with E-state index in [0.29, 0.717) is 28.9 Å². The Balaban J connectivity index is 1.45. The lowest BCUT2D eigenvalue weighted by atomic mass is 9.87. The molecule has 8 heteroatoms. The van der Waals surface area contributed by atoms with Crippen LogP contribution in [-0.2, 0) is 16.8 Å². The molecule has 0 atom stereocenters. The summed E-state index contributed by atoms with van der Waals surface area (Å²) in [6.45, 7) is 11.2. The molecule has 0 bridgehead atoms. The van der Waals surface area contributed by atoms with Gasteiger partial charge in [0.25, 0.3) is 0 Å². The number of rotatable bonds is 7. The molecule has 0 aliphatic carbocycles.